The van der Waals surface area contributed by atoms with Crippen LogP contribution in [0.5, 0.6) is 0 Å². The molecule has 0 aromatic heterocycles. The Hall–Kier alpha value is -4.19. The van der Waals surface area contributed by atoms with Crippen LogP contribution in [-0.4, -0.2) is 24.6 Å². The van der Waals surface area contributed by atoms with Gasteiger partial charge in [-0.25, -0.2) is 0 Å². The Labute approximate surface area is 234 Å². The van der Waals surface area contributed by atoms with Crippen LogP contribution in [0.2, 0.25) is 0 Å². The standard InChI is InChI=1S/C28H30N2O2.2C2H6.CH3NO/c1-20(31)11-8-9-18-29-28(32)19-24-13-5-6-15-25(24)21(2)30-22(3)26-17-10-14-23-12-4-7-16-27(23)26;2*1-2;2-1-3/h4-8,10-17,22,30H,2,9,18-19H2,1,3H3,(H,29,32);2*1-2H3;1H,(H2,2,3)/b11-8+;;;. The van der Waals surface area contributed by atoms with Crippen molar-refractivity contribution in [3.8, 4) is 0 Å². The van der Waals surface area contributed by atoms with Crippen LogP contribution in [-0.2, 0) is 20.8 Å². The first kappa shape index (κ1) is 34.8. The first-order valence-electron chi connectivity index (χ1n) is 13.5. The summed E-state index contributed by atoms with van der Waals surface area (Å²) in [6, 6.07) is 22.6. The summed E-state index contributed by atoms with van der Waals surface area (Å²) in [4.78, 5) is 31.9. The smallest absolute Gasteiger partial charge is 0.224 e. The number of nitrogens with one attached hydrogen (secondary N) is 2. The van der Waals surface area contributed by atoms with E-state index in [1.807, 2.05) is 58.0 Å². The highest BCUT2D eigenvalue weighted by Gasteiger charge is 2.14. The lowest BCUT2D eigenvalue weighted by molar-refractivity contribution is -0.120. The Morgan fingerprint density at radius 1 is 0.949 bits per heavy atom. The van der Waals surface area contributed by atoms with Crippen molar-refractivity contribution in [1.29, 1.82) is 0 Å². The third kappa shape index (κ3) is 12.7. The molecule has 3 aromatic carbocycles. The summed E-state index contributed by atoms with van der Waals surface area (Å²) in [6.07, 6.45) is 4.45. The zero-order valence-electron chi connectivity index (χ0n) is 24.3. The number of hydrogen-bond donors (Lipinski definition) is 3. The Kier molecular flexibility index (Phi) is 18.6. The fourth-order valence-electron chi connectivity index (χ4n) is 3.79. The minimum Gasteiger partial charge on any atom is -0.378 e. The summed E-state index contributed by atoms with van der Waals surface area (Å²) in [7, 11) is 0. The fraction of sp³-hybridized carbons (Fsp3) is 0.303. The average molecular weight is 532 g/mol. The molecule has 2 amide bonds. The van der Waals surface area contributed by atoms with Gasteiger partial charge in [-0.15, -0.1) is 0 Å². The second kappa shape index (κ2) is 20.8. The molecule has 4 N–H and O–H groups in total. The maximum absolute atomic E-state index is 12.4. The van der Waals surface area contributed by atoms with Gasteiger partial charge in [0.15, 0.2) is 5.78 Å². The highest BCUT2D eigenvalue weighted by atomic mass is 16.1. The molecule has 0 saturated heterocycles. The van der Waals surface area contributed by atoms with Gasteiger partial charge in [0.2, 0.25) is 12.3 Å². The molecule has 0 bridgehead atoms. The molecule has 6 nitrogen and oxygen atoms in total. The van der Waals surface area contributed by atoms with Crippen LogP contribution in [0.25, 0.3) is 16.5 Å². The zero-order chi connectivity index (χ0) is 29.6. The molecule has 1 atom stereocenters. The number of nitrogens with two attached hydrogens (primary N) is 1. The molecule has 0 heterocycles. The highest BCUT2D eigenvalue weighted by molar-refractivity contribution is 5.87. The molecule has 0 aliphatic carbocycles. The first-order chi connectivity index (χ1) is 18.9. The predicted octanol–water partition coefficient (Wildman–Crippen LogP) is 6.51. The Bertz CT molecular complexity index is 1200. The molecule has 39 heavy (non-hydrogen) atoms. The van der Waals surface area contributed by atoms with Gasteiger partial charge in [-0.3, -0.25) is 14.4 Å². The Balaban J connectivity index is 0.00000189. The molecule has 0 saturated carbocycles. The van der Waals surface area contributed by atoms with E-state index in [9.17, 15) is 9.59 Å². The van der Waals surface area contributed by atoms with Gasteiger partial charge in [-0.05, 0) is 48.2 Å². The van der Waals surface area contributed by atoms with Crippen LogP contribution in [0.3, 0.4) is 0 Å². The fourth-order valence-corrected chi connectivity index (χ4v) is 3.79. The molecule has 0 aliphatic rings. The number of rotatable bonds is 10. The predicted molar refractivity (Wildman–Crippen MR) is 165 cm³/mol. The highest BCUT2D eigenvalue weighted by Crippen LogP contribution is 2.26. The largest absolute Gasteiger partial charge is 0.378 e. The summed E-state index contributed by atoms with van der Waals surface area (Å²) < 4.78 is 0. The number of benzene rings is 3. The lowest BCUT2D eigenvalue weighted by atomic mass is 9.98. The summed E-state index contributed by atoms with van der Waals surface area (Å²) in [6.45, 7) is 16.4. The molecule has 0 radical (unpaired) electrons. The van der Waals surface area contributed by atoms with Crippen LogP contribution >= 0.6 is 0 Å². The number of primary amides is 1. The third-order valence-corrected chi connectivity index (χ3v) is 5.36. The molecular formula is C33H45N3O3. The van der Waals surface area contributed by atoms with Crippen LogP contribution in [0.1, 0.15) is 70.7 Å². The SMILES string of the molecule is C=C(NC(C)c1cccc2ccccc12)c1ccccc1CC(=O)NCC/C=C/C(C)=O.CC.CC.NC=O. The van der Waals surface area contributed by atoms with E-state index in [1.165, 1.54) is 29.3 Å². The lowest BCUT2D eigenvalue weighted by Gasteiger charge is -2.21. The lowest BCUT2D eigenvalue weighted by Crippen LogP contribution is -2.26. The molecule has 210 valence electrons. The molecule has 0 aliphatic heterocycles. The molecule has 3 aromatic rings. The maximum atomic E-state index is 12.4. The van der Waals surface area contributed by atoms with Crippen molar-refractivity contribution in [3.63, 3.8) is 0 Å². The normalized spacial score (nSPS) is 10.4. The van der Waals surface area contributed by atoms with Gasteiger partial charge in [-0.1, -0.05) is 107 Å². The molecule has 6 heteroatoms. The van der Waals surface area contributed by atoms with Crippen molar-refractivity contribution in [2.75, 3.05) is 6.54 Å². The van der Waals surface area contributed by atoms with E-state index in [0.29, 0.717) is 13.0 Å². The molecule has 1 unspecified atom stereocenters. The maximum Gasteiger partial charge on any atom is 0.224 e. The van der Waals surface area contributed by atoms with Crippen molar-refractivity contribution in [2.45, 2.75) is 60.4 Å². The number of amides is 2. The summed E-state index contributed by atoms with van der Waals surface area (Å²) >= 11 is 0. The van der Waals surface area contributed by atoms with Crippen LogP contribution in [0.15, 0.2) is 85.5 Å². The minimum absolute atomic E-state index is 0.00833. The molecule has 3 rings (SSSR count). The molecule has 0 spiro atoms. The van der Waals surface area contributed by atoms with Crippen molar-refractivity contribution in [2.24, 2.45) is 5.73 Å². The summed E-state index contributed by atoms with van der Waals surface area (Å²) in [5.74, 6) is -0.0439. The van der Waals surface area contributed by atoms with E-state index in [2.05, 4.69) is 66.3 Å². The number of ketones is 1. The topological polar surface area (TPSA) is 101 Å². The van der Waals surface area contributed by atoms with Crippen LogP contribution in [0.4, 0.5) is 0 Å². The van der Waals surface area contributed by atoms with Gasteiger partial charge >= 0.3 is 0 Å². The van der Waals surface area contributed by atoms with E-state index < -0.39 is 0 Å². The number of carbonyl (C=O) groups excluding carboxylic acids is 3. The molecule has 0 fully saturated rings. The van der Waals surface area contributed by atoms with Crippen LogP contribution < -0.4 is 16.4 Å². The second-order valence-corrected chi connectivity index (χ2v) is 8.03. The van der Waals surface area contributed by atoms with Gasteiger partial charge in [0, 0.05) is 23.8 Å². The van der Waals surface area contributed by atoms with E-state index in [1.54, 1.807) is 6.08 Å². The van der Waals surface area contributed by atoms with E-state index in [-0.39, 0.29) is 30.6 Å². The Morgan fingerprint density at radius 3 is 2.21 bits per heavy atom. The second-order valence-electron chi connectivity index (χ2n) is 8.03. The van der Waals surface area contributed by atoms with Gasteiger partial charge < -0.3 is 16.4 Å². The van der Waals surface area contributed by atoms with Gasteiger partial charge in [-0.2, -0.15) is 0 Å². The van der Waals surface area contributed by atoms with E-state index in [4.69, 9.17) is 4.79 Å². The van der Waals surface area contributed by atoms with Crippen LogP contribution in [0, 0.1) is 0 Å². The zero-order valence-corrected chi connectivity index (χ0v) is 24.3. The average Bonchev–Trinajstić information content (AvgIpc) is 2.95. The van der Waals surface area contributed by atoms with E-state index >= 15 is 0 Å². The molecular weight excluding hydrogens is 486 g/mol. The first-order valence-corrected chi connectivity index (χ1v) is 13.5. The number of hydrogen-bond acceptors (Lipinski definition) is 4. The van der Waals surface area contributed by atoms with Crippen molar-refractivity contribution >= 4 is 34.6 Å². The van der Waals surface area contributed by atoms with Crippen molar-refractivity contribution in [3.05, 3.63) is 102 Å². The van der Waals surface area contributed by atoms with Crippen molar-refractivity contribution < 1.29 is 14.4 Å². The number of carbonyl (C=O) groups is 3. The Morgan fingerprint density at radius 2 is 1.54 bits per heavy atom. The van der Waals surface area contributed by atoms with Gasteiger partial charge in [0.05, 0.1) is 6.42 Å². The number of fused-ring (bicyclic) bond motifs is 1. The monoisotopic (exact) mass is 531 g/mol. The summed E-state index contributed by atoms with van der Waals surface area (Å²) in [5, 5.41) is 8.85. The van der Waals surface area contributed by atoms with E-state index in [0.717, 1.165) is 16.8 Å². The third-order valence-electron chi connectivity index (χ3n) is 5.36. The quantitative estimate of drug-likeness (QED) is 0.158. The van der Waals surface area contributed by atoms with Crippen molar-refractivity contribution in [1.82, 2.24) is 10.6 Å². The van der Waals surface area contributed by atoms with Gasteiger partial charge in [0.25, 0.3) is 0 Å². The minimum atomic E-state index is -0.0522. The number of allylic oxidation sites excluding steroid dienone is 1. The summed E-state index contributed by atoms with van der Waals surface area (Å²) in [5.41, 5.74) is 8.02. The van der Waals surface area contributed by atoms with Gasteiger partial charge in [0.1, 0.15) is 0 Å².